The average molecular weight is 396 g/mol. The first-order valence-electron chi connectivity index (χ1n) is 10.7. The third kappa shape index (κ3) is 2.73. The number of aryl methyl sites for hydroxylation is 1. The molecular weight excluding hydrogens is 372 g/mol. The van der Waals surface area contributed by atoms with E-state index in [0.29, 0.717) is 11.5 Å². The van der Waals surface area contributed by atoms with Crippen LogP contribution >= 0.6 is 0 Å². The fourth-order valence-corrected chi connectivity index (χ4v) is 5.23. The third-order valence-electron chi connectivity index (χ3n) is 7.05. The van der Waals surface area contributed by atoms with Gasteiger partial charge in [0.2, 0.25) is 0 Å². The van der Waals surface area contributed by atoms with Crippen LogP contribution in [0.4, 0.5) is 0 Å². The van der Waals surface area contributed by atoms with Gasteiger partial charge in [-0.05, 0) is 44.0 Å². The predicted octanol–water partition coefficient (Wildman–Crippen LogP) is 2.83. The zero-order valence-electron chi connectivity index (χ0n) is 17.1. The fourth-order valence-electron chi connectivity index (χ4n) is 5.23. The highest BCUT2D eigenvalue weighted by atomic mass is 15.5. The molecule has 0 radical (unpaired) electrons. The van der Waals surface area contributed by atoms with Gasteiger partial charge in [0.25, 0.3) is 0 Å². The molecule has 2 saturated heterocycles. The molecule has 2 atom stereocenters. The van der Waals surface area contributed by atoms with E-state index in [1.165, 1.54) is 12.8 Å². The Balaban J connectivity index is 1.32. The van der Waals surface area contributed by atoms with E-state index in [4.69, 9.17) is 5.10 Å². The quantitative estimate of drug-likeness (QED) is 0.621. The molecule has 6 nitrogen and oxygen atoms in total. The van der Waals surface area contributed by atoms with E-state index in [0.717, 1.165) is 65.1 Å². The molecule has 0 bridgehead atoms. The van der Waals surface area contributed by atoms with Crippen LogP contribution in [0, 0.1) is 24.2 Å². The van der Waals surface area contributed by atoms with Crippen molar-refractivity contribution in [3.63, 3.8) is 0 Å². The van der Waals surface area contributed by atoms with Crippen LogP contribution in [0.25, 0.3) is 11.0 Å². The molecule has 2 unspecified atom stereocenters. The number of aromatic nitrogens is 3. The maximum absolute atomic E-state index is 4.99. The van der Waals surface area contributed by atoms with Gasteiger partial charge < -0.3 is 10.3 Å². The zero-order valence-corrected chi connectivity index (χ0v) is 17.1. The lowest BCUT2D eigenvalue weighted by Gasteiger charge is -2.29. The van der Waals surface area contributed by atoms with E-state index in [1.807, 2.05) is 24.7 Å². The molecular formula is C24H24N6. The molecule has 3 aliphatic heterocycles. The van der Waals surface area contributed by atoms with E-state index in [-0.39, 0.29) is 0 Å². The SMILES string of the molecule is Cc1ccncc1C#Cc1c[nH]c2ncc(C3=NN4CCC5(CCNC5)C4C3)cc12. The van der Waals surface area contributed by atoms with Crippen LogP contribution in [-0.2, 0) is 0 Å². The number of H-pyrrole nitrogens is 1. The zero-order chi connectivity index (χ0) is 20.1. The Labute approximate surface area is 175 Å². The monoisotopic (exact) mass is 396 g/mol. The molecule has 1 spiro atoms. The van der Waals surface area contributed by atoms with E-state index in [9.17, 15) is 0 Å². The Hall–Kier alpha value is -3.17. The summed E-state index contributed by atoms with van der Waals surface area (Å²) in [6.45, 7) is 5.38. The molecule has 0 aromatic carbocycles. The lowest BCUT2D eigenvalue weighted by atomic mass is 9.77. The molecule has 150 valence electrons. The maximum atomic E-state index is 4.99. The van der Waals surface area contributed by atoms with Crippen molar-refractivity contribution in [2.45, 2.75) is 32.2 Å². The molecule has 0 saturated carbocycles. The number of aromatic amines is 1. The van der Waals surface area contributed by atoms with Crippen LogP contribution in [0.5, 0.6) is 0 Å². The van der Waals surface area contributed by atoms with Crippen LogP contribution in [-0.4, -0.2) is 51.3 Å². The summed E-state index contributed by atoms with van der Waals surface area (Å²) in [5.74, 6) is 6.56. The van der Waals surface area contributed by atoms with Crippen LogP contribution in [0.15, 0.2) is 42.0 Å². The number of rotatable bonds is 1. The number of hydrogen-bond donors (Lipinski definition) is 2. The summed E-state index contributed by atoms with van der Waals surface area (Å²) in [7, 11) is 0. The van der Waals surface area contributed by atoms with Gasteiger partial charge in [-0.2, -0.15) is 5.10 Å². The molecule has 3 aromatic heterocycles. The van der Waals surface area contributed by atoms with E-state index in [2.05, 4.69) is 50.1 Å². The fraction of sp³-hybridized carbons (Fsp3) is 0.375. The van der Waals surface area contributed by atoms with Crippen molar-refractivity contribution < 1.29 is 0 Å². The molecule has 2 fully saturated rings. The summed E-state index contributed by atoms with van der Waals surface area (Å²) in [4.78, 5) is 12.1. The van der Waals surface area contributed by atoms with Crippen molar-refractivity contribution in [3.05, 3.63) is 59.2 Å². The maximum Gasteiger partial charge on any atom is 0.138 e. The van der Waals surface area contributed by atoms with E-state index < -0.39 is 0 Å². The third-order valence-corrected chi connectivity index (χ3v) is 7.05. The smallest absolute Gasteiger partial charge is 0.138 e. The second-order valence-electron chi connectivity index (χ2n) is 8.73. The van der Waals surface area contributed by atoms with Crippen molar-refractivity contribution in [1.29, 1.82) is 0 Å². The van der Waals surface area contributed by atoms with Crippen LogP contribution in [0.3, 0.4) is 0 Å². The van der Waals surface area contributed by atoms with Gasteiger partial charge in [0, 0.05) is 66.2 Å². The first-order chi connectivity index (χ1) is 14.7. The molecule has 0 aliphatic carbocycles. The Morgan fingerprint density at radius 3 is 3.00 bits per heavy atom. The van der Waals surface area contributed by atoms with E-state index in [1.54, 1.807) is 6.20 Å². The lowest BCUT2D eigenvalue weighted by molar-refractivity contribution is 0.196. The number of nitrogens with one attached hydrogen (secondary N) is 2. The Morgan fingerprint density at radius 2 is 2.13 bits per heavy atom. The van der Waals surface area contributed by atoms with Gasteiger partial charge >= 0.3 is 0 Å². The van der Waals surface area contributed by atoms with Crippen LogP contribution in [0.2, 0.25) is 0 Å². The second-order valence-corrected chi connectivity index (χ2v) is 8.73. The molecule has 3 aliphatic rings. The molecule has 0 amide bonds. The Kier molecular flexibility index (Phi) is 3.93. The van der Waals surface area contributed by atoms with Crippen molar-refractivity contribution in [3.8, 4) is 11.8 Å². The molecule has 3 aromatic rings. The Bertz CT molecular complexity index is 1220. The van der Waals surface area contributed by atoms with Crippen molar-refractivity contribution in [2.24, 2.45) is 10.5 Å². The number of hydrogen-bond acceptors (Lipinski definition) is 5. The van der Waals surface area contributed by atoms with Gasteiger partial charge in [-0.1, -0.05) is 11.8 Å². The summed E-state index contributed by atoms with van der Waals surface area (Å²) in [6, 6.07) is 4.70. The van der Waals surface area contributed by atoms with Crippen LogP contribution < -0.4 is 5.32 Å². The molecule has 6 heterocycles. The van der Waals surface area contributed by atoms with Gasteiger partial charge in [0.1, 0.15) is 5.65 Å². The summed E-state index contributed by atoms with van der Waals surface area (Å²) in [5.41, 5.74) is 6.57. The summed E-state index contributed by atoms with van der Waals surface area (Å²) >= 11 is 0. The summed E-state index contributed by atoms with van der Waals surface area (Å²) < 4.78 is 0. The van der Waals surface area contributed by atoms with E-state index >= 15 is 0 Å². The summed E-state index contributed by atoms with van der Waals surface area (Å²) in [5, 5.41) is 11.9. The normalized spacial score (nSPS) is 24.9. The number of pyridine rings is 2. The number of fused-ring (bicyclic) bond motifs is 3. The topological polar surface area (TPSA) is 69.2 Å². The van der Waals surface area contributed by atoms with Crippen molar-refractivity contribution in [2.75, 3.05) is 19.6 Å². The highest BCUT2D eigenvalue weighted by Crippen LogP contribution is 2.46. The standard InChI is InChI=1S/C24H24N6/c1-16-4-7-25-12-17(16)2-3-18-13-27-23-20(18)10-19(14-28-23)21-11-22-24(5-8-26-15-24)6-9-30(22)29-21/h4,7,10,12-14,22,26H,5-6,8-9,11,15H2,1H3,(H,27,28). The predicted molar refractivity (Wildman–Crippen MR) is 117 cm³/mol. The molecule has 30 heavy (non-hydrogen) atoms. The van der Waals surface area contributed by atoms with Crippen LogP contribution in [0.1, 0.15) is 41.5 Å². The van der Waals surface area contributed by atoms with Gasteiger partial charge in [-0.3, -0.25) is 9.99 Å². The van der Waals surface area contributed by atoms with Gasteiger partial charge in [-0.25, -0.2) is 4.98 Å². The largest absolute Gasteiger partial charge is 0.345 e. The highest BCUT2D eigenvalue weighted by Gasteiger charge is 2.51. The number of hydrazone groups is 1. The minimum Gasteiger partial charge on any atom is -0.345 e. The molecule has 2 N–H and O–H groups in total. The second kappa shape index (κ2) is 6.68. The van der Waals surface area contributed by atoms with Gasteiger partial charge in [0.05, 0.1) is 17.3 Å². The minimum absolute atomic E-state index is 0.398. The Morgan fingerprint density at radius 1 is 1.20 bits per heavy atom. The average Bonchev–Trinajstić information content (AvgIpc) is 3.53. The highest BCUT2D eigenvalue weighted by molar-refractivity contribution is 6.04. The van der Waals surface area contributed by atoms with Crippen molar-refractivity contribution >= 4 is 16.7 Å². The first-order valence-corrected chi connectivity index (χ1v) is 10.7. The molecule has 6 heteroatoms. The van der Waals surface area contributed by atoms with Gasteiger partial charge in [0.15, 0.2) is 0 Å². The number of nitrogens with zero attached hydrogens (tertiary/aromatic N) is 4. The summed E-state index contributed by atoms with van der Waals surface area (Å²) in [6.07, 6.45) is 11.0. The van der Waals surface area contributed by atoms with Crippen molar-refractivity contribution in [1.82, 2.24) is 25.3 Å². The lowest BCUT2D eigenvalue weighted by Crippen LogP contribution is -2.36. The molecule has 6 rings (SSSR count). The minimum atomic E-state index is 0.398. The first kappa shape index (κ1) is 17.7. The van der Waals surface area contributed by atoms with Gasteiger partial charge in [-0.15, -0.1) is 0 Å².